The predicted octanol–water partition coefficient (Wildman–Crippen LogP) is 1.90. The lowest BCUT2D eigenvalue weighted by molar-refractivity contribution is 0.282. The van der Waals surface area contributed by atoms with Crippen molar-refractivity contribution in [3.8, 4) is 11.4 Å². The van der Waals surface area contributed by atoms with Crippen molar-refractivity contribution in [1.29, 1.82) is 0 Å². The average Bonchev–Trinajstić information content (AvgIpc) is 2.38. The molecule has 17 heavy (non-hydrogen) atoms. The molecule has 0 fully saturated rings. The van der Waals surface area contributed by atoms with E-state index in [9.17, 15) is 0 Å². The van der Waals surface area contributed by atoms with Gasteiger partial charge in [0.1, 0.15) is 11.6 Å². The molecule has 88 valence electrons. The van der Waals surface area contributed by atoms with E-state index >= 15 is 0 Å². The fraction of sp³-hybridized carbons (Fsp3) is 0.308. The van der Waals surface area contributed by atoms with E-state index in [2.05, 4.69) is 15.0 Å². The van der Waals surface area contributed by atoms with Gasteiger partial charge in [-0.25, -0.2) is 15.0 Å². The van der Waals surface area contributed by atoms with E-state index in [1.807, 2.05) is 38.1 Å². The maximum absolute atomic E-state index is 8.98. The third-order valence-corrected chi connectivity index (χ3v) is 2.50. The quantitative estimate of drug-likeness (QED) is 0.873. The second-order valence-electron chi connectivity index (χ2n) is 3.83. The Bertz CT molecular complexity index is 509. The van der Waals surface area contributed by atoms with Crippen LogP contribution in [0.4, 0.5) is 0 Å². The minimum atomic E-state index is 0.0523. The first-order valence-electron chi connectivity index (χ1n) is 5.64. The SMILES string of the molecule is CCc1nc(C)nc(-c2ccc(CO)cc2)n1. The van der Waals surface area contributed by atoms with Crippen molar-refractivity contribution < 1.29 is 5.11 Å². The number of aliphatic hydroxyl groups is 1. The van der Waals surface area contributed by atoms with Crippen LogP contribution in [-0.2, 0) is 13.0 Å². The molecule has 2 aromatic rings. The summed E-state index contributed by atoms with van der Waals surface area (Å²) in [6.45, 7) is 3.94. The van der Waals surface area contributed by atoms with Crippen LogP contribution in [0, 0.1) is 6.92 Å². The Kier molecular flexibility index (Phi) is 3.44. The third kappa shape index (κ3) is 2.65. The normalized spacial score (nSPS) is 10.5. The fourth-order valence-corrected chi connectivity index (χ4v) is 1.58. The topological polar surface area (TPSA) is 58.9 Å². The van der Waals surface area contributed by atoms with Crippen LogP contribution in [0.5, 0.6) is 0 Å². The van der Waals surface area contributed by atoms with Crippen molar-refractivity contribution in [1.82, 2.24) is 15.0 Å². The van der Waals surface area contributed by atoms with Crippen LogP contribution in [-0.4, -0.2) is 20.1 Å². The molecule has 0 saturated carbocycles. The van der Waals surface area contributed by atoms with Crippen molar-refractivity contribution in [3.05, 3.63) is 41.5 Å². The Morgan fingerprint density at radius 2 is 1.76 bits per heavy atom. The van der Waals surface area contributed by atoms with Crippen LogP contribution in [0.25, 0.3) is 11.4 Å². The Balaban J connectivity index is 2.41. The van der Waals surface area contributed by atoms with Gasteiger partial charge in [0.2, 0.25) is 0 Å². The van der Waals surface area contributed by atoms with E-state index in [1.54, 1.807) is 0 Å². The van der Waals surface area contributed by atoms with Gasteiger partial charge in [0.25, 0.3) is 0 Å². The van der Waals surface area contributed by atoms with Gasteiger partial charge in [0, 0.05) is 12.0 Å². The van der Waals surface area contributed by atoms with Crippen LogP contribution in [0.2, 0.25) is 0 Å². The number of benzene rings is 1. The molecule has 0 radical (unpaired) electrons. The van der Waals surface area contributed by atoms with Gasteiger partial charge in [0.15, 0.2) is 5.82 Å². The van der Waals surface area contributed by atoms with Gasteiger partial charge >= 0.3 is 0 Å². The molecule has 1 aromatic carbocycles. The highest BCUT2D eigenvalue weighted by molar-refractivity contribution is 5.55. The summed E-state index contributed by atoms with van der Waals surface area (Å²) in [5.41, 5.74) is 1.83. The molecule has 0 bridgehead atoms. The van der Waals surface area contributed by atoms with Crippen molar-refractivity contribution in [2.45, 2.75) is 26.9 Å². The summed E-state index contributed by atoms with van der Waals surface area (Å²) in [6, 6.07) is 7.58. The van der Waals surface area contributed by atoms with Crippen LogP contribution in [0.1, 0.15) is 24.1 Å². The first-order valence-corrected chi connectivity index (χ1v) is 5.64. The Morgan fingerprint density at radius 1 is 1.06 bits per heavy atom. The molecule has 1 aromatic heterocycles. The van der Waals surface area contributed by atoms with Gasteiger partial charge in [-0.3, -0.25) is 0 Å². The molecule has 0 amide bonds. The van der Waals surface area contributed by atoms with Crippen molar-refractivity contribution in [2.24, 2.45) is 0 Å². The maximum Gasteiger partial charge on any atom is 0.163 e. The molecule has 0 aliphatic heterocycles. The van der Waals surface area contributed by atoms with Gasteiger partial charge in [-0.1, -0.05) is 31.2 Å². The van der Waals surface area contributed by atoms with Gasteiger partial charge < -0.3 is 5.11 Å². The molecule has 0 atom stereocenters. The number of rotatable bonds is 3. The van der Waals surface area contributed by atoms with Crippen molar-refractivity contribution in [2.75, 3.05) is 0 Å². The summed E-state index contributed by atoms with van der Waals surface area (Å²) >= 11 is 0. The molecular formula is C13H15N3O. The summed E-state index contributed by atoms with van der Waals surface area (Å²) in [7, 11) is 0. The minimum Gasteiger partial charge on any atom is -0.392 e. The van der Waals surface area contributed by atoms with Crippen molar-refractivity contribution >= 4 is 0 Å². The van der Waals surface area contributed by atoms with Crippen LogP contribution in [0.3, 0.4) is 0 Å². The Hall–Kier alpha value is -1.81. The summed E-state index contributed by atoms with van der Waals surface area (Å²) in [6.07, 6.45) is 0.797. The third-order valence-electron chi connectivity index (χ3n) is 2.50. The zero-order valence-corrected chi connectivity index (χ0v) is 10.0. The predicted molar refractivity (Wildman–Crippen MR) is 65.3 cm³/mol. The lowest BCUT2D eigenvalue weighted by Gasteiger charge is -2.04. The highest BCUT2D eigenvalue weighted by Crippen LogP contribution is 2.16. The van der Waals surface area contributed by atoms with Crippen LogP contribution in [0.15, 0.2) is 24.3 Å². The first kappa shape index (κ1) is 11.7. The molecule has 0 spiro atoms. The molecule has 4 heteroatoms. The molecule has 0 unspecified atom stereocenters. The maximum atomic E-state index is 8.98. The van der Waals surface area contributed by atoms with Gasteiger partial charge in [-0.2, -0.15) is 0 Å². The fourth-order valence-electron chi connectivity index (χ4n) is 1.58. The summed E-state index contributed by atoms with van der Waals surface area (Å²) in [5, 5.41) is 8.98. The van der Waals surface area contributed by atoms with E-state index < -0.39 is 0 Å². The number of aryl methyl sites for hydroxylation is 2. The number of aliphatic hydroxyl groups excluding tert-OH is 1. The first-order chi connectivity index (χ1) is 8.22. The standard InChI is InChI=1S/C13H15N3O/c1-3-12-14-9(2)15-13(16-12)11-6-4-10(8-17)5-7-11/h4-7,17H,3,8H2,1-2H3. The van der Waals surface area contributed by atoms with Gasteiger partial charge in [-0.15, -0.1) is 0 Å². The monoisotopic (exact) mass is 229 g/mol. The Morgan fingerprint density at radius 3 is 2.35 bits per heavy atom. The molecule has 0 aliphatic carbocycles. The summed E-state index contributed by atoms with van der Waals surface area (Å²) in [4.78, 5) is 13.0. The Labute approximate surface area is 100 Å². The van der Waals surface area contributed by atoms with Gasteiger partial charge in [-0.05, 0) is 12.5 Å². The van der Waals surface area contributed by atoms with E-state index in [1.165, 1.54) is 0 Å². The number of hydrogen-bond acceptors (Lipinski definition) is 4. The number of aromatic nitrogens is 3. The smallest absolute Gasteiger partial charge is 0.163 e. The molecule has 1 heterocycles. The molecule has 4 nitrogen and oxygen atoms in total. The molecular weight excluding hydrogens is 214 g/mol. The minimum absolute atomic E-state index is 0.0523. The van der Waals surface area contributed by atoms with Gasteiger partial charge in [0.05, 0.1) is 6.61 Å². The van der Waals surface area contributed by atoms with Crippen LogP contribution >= 0.6 is 0 Å². The molecule has 0 saturated heterocycles. The molecule has 1 N–H and O–H groups in total. The second kappa shape index (κ2) is 5.01. The second-order valence-corrected chi connectivity index (χ2v) is 3.83. The average molecular weight is 229 g/mol. The lowest BCUT2D eigenvalue weighted by Crippen LogP contribution is -2.01. The number of nitrogens with zero attached hydrogens (tertiary/aromatic N) is 3. The highest BCUT2D eigenvalue weighted by atomic mass is 16.3. The molecule has 2 rings (SSSR count). The number of hydrogen-bond donors (Lipinski definition) is 1. The lowest BCUT2D eigenvalue weighted by atomic mass is 10.1. The largest absolute Gasteiger partial charge is 0.392 e. The zero-order chi connectivity index (χ0) is 12.3. The summed E-state index contributed by atoms with van der Waals surface area (Å²) in [5.74, 6) is 2.23. The van der Waals surface area contributed by atoms with E-state index in [-0.39, 0.29) is 6.61 Å². The molecule has 0 aliphatic rings. The highest BCUT2D eigenvalue weighted by Gasteiger charge is 2.05. The van der Waals surface area contributed by atoms with E-state index in [0.29, 0.717) is 5.82 Å². The summed E-state index contributed by atoms with van der Waals surface area (Å²) < 4.78 is 0. The van der Waals surface area contributed by atoms with E-state index in [4.69, 9.17) is 5.11 Å². The zero-order valence-electron chi connectivity index (χ0n) is 10.0. The van der Waals surface area contributed by atoms with E-state index in [0.717, 1.165) is 29.2 Å². The van der Waals surface area contributed by atoms with Crippen molar-refractivity contribution in [3.63, 3.8) is 0 Å². The van der Waals surface area contributed by atoms with Crippen LogP contribution < -0.4 is 0 Å².